The van der Waals surface area contributed by atoms with E-state index in [1.807, 2.05) is 0 Å². The normalized spacial score (nSPS) is 11.2. The van der Waals surface area contributed by atoms with E-state index in [1.165, 1.54) is 19.2 Å². The maximum atomic E-state index is 12.5. The number of aromatic amines is 1. The van der Waals surface area contributed by atoms with Crippen LogP contribution in [-0.4, -0.2) is 36.2 Å². The lowest BCUT2D eigenvalue weighted by Gasteiger charge is -2.13. The Balaban J connectivity index is 2.08. The molecule has 1 heterocycles. The van der Waals surface area contributed by atoms with Crippen LogP contribution in [0, 0.1) is 0 Å². The second kappa shape index (κ2) is 6.05. The number of tetrazole rings is 1. The zero-order valence-electron chi connectivity index (χ0n) is 12.1. The fourth-order valence-corrected chi connectivity index (χ4v) is 3.19. The van der Waals surface area contributed by atoms with Gasteiger partial charge in [0.15, 0.2) is 5.82 Å². The summed E-state index contributed by atoms with van der Waals surface area (Å²) in [5.74, 6) is 0.741. The molecule has 3 rings (SSSR count). The van der Waals surface area contributed by atoms with E-state index in [4.69, 9.17) is 4.74 Å². The zero-order chi connectivity index (χ0) is 16.3. The molecule has 0 aliphatic carbocycles. The third-order valence-electron chi connectivity index (χ3n) is 3.13. The number of H-pyrrole nitrogens is 1. The first-order valence-electron chi connectivity index (χ1n) is 6.61. The first kappa shape index (κ1) is 15.0. The maximum absolute atomic E-state index is 12.5. The Morgan fingerprint density at radius 1 is 1.09 bits per heavy atom. The van der Waals surface area contributed by atoms with Crippen LogP contribution in [0.4, 0.5) is 5.69 Å². The van der Waals surface area contributed by atoms with Gasteiger partial charge in [0.2, 0.25) is 0 Å². The van der Waals surface area contributed by atoms with Crippen molar-refractivity contribution in [3.8, 4) is 17.1 Å². The summed E-state index contributed by atoms with van der Waals surface area (Å²) in [5.41, 5.74) is 0.742. The van der Waals surface area contributed by atoms with Crippen molar-refractivity contribution in [1.82, 2.24) is 20.6 Å². The van der Waals surface area contributed by atoms with Crippen LogP contribution in [0.25, 0.3) is 11.4 Å². The van der Waals surface area contributed by atoms with Crippen LogP contribution < -0.4 is 9.46 Å². The van der Waals surface area contributed by atoms with Crippen molar-refractivity contribution in [3.05, 3.63) is 48.5 Å². The van der Waals surface area contributed by atoms with Gasteiger partial charge in [0.25, 0.3) is 10.0 Å². The van der Waals surface area contributed by atoms with Crippen LogP contribution >= 0.6 is 0 Å². The minimum absolute atomic E-state index is 0.157. The molecule has 0 bridgehead atoms. The van der Waals surface area contributed by atoms with Gasteiger partial charge in [-0.05, 0) is 34.7 Å². The molecular formula is C14H13N5O3S. The highest BCUT2D eigenvalue weighted by molar-refractivity contribution is 7.92. The molecule has 0 unspecified atom stereocenters. The Bertz CT molecular complexity index is 895. The van der Waals surface area contributed by atoms with Gasteiger partial charge in [-0.2, -0.15) is 0 Å². The minimum atomic E-state index is -3.74. The average Bonchev–Trinajstić information content (AvgIpc) is 3.09. The second-order valence-corrected chi connectivity index (χ2v) is 6.23. The van der Waals surface area contributed by atoms with Crippen LogP contribution in [0.1, 0.15) is 0 Å². The van der Waals surface area contributed by atoms with Crippen molar-refractivity contribution in [2.45, 2.75) is 4.90 Å². The summed E-state index contributed by atoms with van der Waals surface area (Å²) >= 11 is 0. The van der Waals surface area contributed by atoms with Gasteiger partial charge in [-0.1, -0.05) is 24.3 Å². The van der Waals surface area contributed by atoms with Crippen LogP contribution in [-0.2, 0) is 10.0 Å². The Morgan fingerprint density at radius 3 is 2.52 bits per heavy atom. The number of rotatable bonds is 5. The summed E-state index contributed by atoms with van der Waals surface area (Å²) in [7, 11) is -2.26. The number of benzene rings is 2. The summed E-state index contributed by atoms with van der Waals surface area (Å²) in [5, 5.41) is 13.5. The van der Waals surface area contributed by atoms with E-state index in [2.05, 4.69) is 25.3 Å². The lowest BCUT2D eigenvalue weighted by molar-refractivity contribution is 0.416. The fourth-order valence-electron chi connectivity index (χ4n) is 2.10. The topological polar surface area (TPSA) is 110 Å². The summed E-state index contributed by atoms with van der Waals surface area (Å²) in [6.45, 7) is 0. The molecule has 118 valence electrons. The van der Waals surface area contributed by atoms with Crippen molar-refractivity contribution < 1.29 is 13.2 Å². The van der Waals surface area contributed by atoms with E-state index in [1.54, 1.807) is 36.4 Å². The van der Waals surface area contributed by atoms with Gasteiger partial charge in [-0.3, -0.25) is 4.72 Å². The first-order valence-corrected chi connectivity index (χ1v) is 8.09. The Morgan fingerprint density at radius 2 is 1.87 bits per heavy atom. The van der Waals surface area contributed by atoms with Crippen molar-refractivity contribution in [2.75, 3.05) is 11.8 Å². The fraction of sp³-hybridized carbons (Fsp3) is 0.0714. The Kier molecular flexibility index (Phi) is 3.94. The highest BCUT2D eigenvalue weighted by atomic mass is 32.2. The molecule has 1 aromatic heterocycles. The van der Waals surface area contributed by atoms with Crippen molar-refractivity contribution in [2.24, 2.45) is 0 Å². The Hall–Kier alpha value is -2.94. The van der Waals surface area contributed by atoms with Crippen LogP contribution in [0.15, 0.2) is 53.4 Å². The molecule has 8 nitrogen and oxygen atoms in total. The zero-order valence-corrected chi connectivity index (χ0v) is 12.9. The molecule has 0 saturated carbocycles. The number of ether oxygens (including phenoxy) is 1. The molecule has 2 N–H and O–H groups in total. The Labute approximate surface area is 132 Å². The molecule has 0 aliphatic heterocycles. The van der Waals surface area contributed by atoms with E-state index in [-0.39, 0.29) is 4.90 Å². The first-order chi connectivity index (χ1) is 11.1. The van der Waals surface area contributed by atoms with E-state index in [9.17, 15) is 8.42 Å². The number of hydrogen-bond donors (Lipinski definition) is 2. The molecule has 0 atom stereocenters. The van der Waals surface area contributed by atoms with Crippen LogP contribution in [0.2, 0.25) is 0 Å². The summed E-state index contributed by atoms with van der Waals surface area (Å²) in [6, 6.07) is 13.1. The molecule has 0 radical (unpaired) electrons. The summed E-state index contributed by atoms with van der Waals surface area (Å²) in [6.07, 6.45) is 0. The molecule has 0 amide bonds. The highest BCUT2D eigenvalue weighted by Gasteiger charge is 2.20. The number of sulfonamides is 1. The molecule has 9 heteroatoms. The van der Waals surface area contributed by atoms with Crippen molar-refractivity contribution >= 4 is 15.7 Å². The predicted molar refractivity (Wildman–Crippen MR) is 83.4 cm³/mol. The quantitative estimate of drug-likeness (QED) is 0.736. The number of hydrogen-bond acceptors (Lipinski definition) is 6. The van der Waals surface area contributed by atoms with Crippen molar-refractivity contribution in [3.63, 3.8) is 0 Å². The standard InChI is InChI=1S/C14H13N5O3S/c1-22-12-9-5-8-11(13(12)14-15-18-19-16-14)17-23(20,21)10-6-3-2-4-7-10/h2-9,17H,1H3,(H,15,16,18,19). The molecule has 2 aromatic carbocycles. The second-order valence-electron chi connectivity index (χ2n) is 4.55. The number of aromatic nitrogens is 4. The molecular weight excluding hydrogens is 318 g/mol. The predicted octanol–water partition coefficient (Wildman–Crippen LogP) is 1.68. The number of nitrogens with zero attached hydrogens (tertiary/aromatic N) is 3. The largest absolute Gasteiger partial charge is 0.496 e. The number of anilines is 1. The third kappa shape index (κ3) is 2.99. The molecule has 23 heavy (non-hydrogen) atoms. The smallest absolute Gasteiger partial charge is 0.261 e. The maximum Gasteiger partial charge on any atom is 0.261 e. The van der Waals surface area contributed by atoms with Gasteiger partial charge in [0.1, 0.15) is 5.75 Å². The van der Waals surface area contributed by atoms with Gasteiger partial charge in [0, 0.05) is 0 Å². The van der Waals surface area contributed by atoms with Gasteiger partial charge < -0.3 is 4.74 Å². The van der Waals surface area contributed by atoms with Crippen molar-refractivity contribution in [1.29, 1.82) is 0 Å². The number of methoxy groups -OCH3 is 1. The van der Waals surface area contributed by atoms with Gasteiger partial charge in [0.05, 0.1) is 23.3 Å². The molecule has 0 spiro atoms. The third-order valence-corrected chi connectivity index (χ3v) is 4.51. The van der Waals surface area contributed by atoms with E-state index in [0.29, 0.717) is 22.8 Å². The van der Waals surface area contributed by atoms with E-state index < -0.39 is 10.0 Å². The van der Waals surface area contributed by atoms with Crippen LogP contribution in [0.3, 0.4) is 0 Å². The molecule has 0 fully saturated rings. The molecule has 0 aliphatic rings. The van der Waals surface area contributed by atoms with Gasteiger partial charge >= 0.3 is 0 Å². The summed E-state index contributed by atoms with van der Waals surface area (Å²) in [4.78, 5) is 0.157. The molecule has 3 aromatic rings. The highest BCUT2D eigenvalue weighted by Crippen LogP contribution is 2.35. The monoisotopic (exact) mass is 331 g/mol. The number of nitrogens with one attached hydrogen (secondary N) is 2. The van der Waals surface area contributed by atoms with Crippen LogP contribution in [0.5, 0.6) is 5.75 Å². The SMILES string of the molecule is COc1cccc(NS(=O)(=O)c2ccccc2)c1-c1nnn[nH]1. The lowest BCUT2D eigenvalue weighted by atomic mass is 10.1. The average molecular weight is 331 g/mol. The van der Waals surface area contributed by atoms with Gasteiger partial charge in [-0.15, -0.1) is 5.10 Å². The lowest BCUT2D eigenvalue weighted by Crippen LogP contribution is -2.14. The van der Waals surface area contributed by atoms with E-state index in [0.717, 1.165) is 0 Å². The minimum Gasteiger partial charge on any atom is -0.496 e. The summed E-state index contributed by atoms with van der Waals surface area (Å²) < 4.78 is 32.8. The molecule has 0 saturated heterocycles. The van der Waals surface area contributed by atoms with Gasteiger partial charge in [-0.25, -0.2) is 13.5 Å². The van der Waals surface area contributed by atoms with E-state index >= 15 is 0 Å².